The van der Waals surface area contributed by atoms with Gasteiger partial charge in [-0.2, -0.15) is 0 Å². The predicted molar refractivity (Wildman–Crippen MR) is 73.3 cm³/mol. The predicted octanol–water partition coefficient (Wildman–Crippen LogP) is 1.18. The molecule has 0 spiro atoms. The van der Waals surface area contributed by atoms with Crippen molar-refractivity contribution in [3.63, 3.8) is 0 Å². The van der Waals surface area contributed by atoms with E-state index in [1.54, 1.807) is 6.07 Å². The lowest BCUT2D eigenvalue weighted by Crippen LogP contribution is -2.49. The standard InChI is InChI=1S/C11H12ClN3O3S/c1-6-14-5-11(19-6,10(17)18)9(16)15-8-3-2-7(12)4-13-8/h2-4,6,14H,5H2,1H3,(H,17,18)(H,13,15,16). The second-order valence-electron chi connectivity index (χ2n) is 4.09. The summed E-state index contributed by atoms with van der Waals surface area (Å²) in [5.41, 5.74) is 0. The monoisotopic (exact) mass is 301 g/mol. The fourth-order valence-electron chi connectivity index (χ4n) is 1.70. The van der Waals surface area contributed by atoms with Crippen LogP contribution in [0.15, 0.2) is 18.3 Å². The van der Waals surface area contributed by atoms with E-state index in [0.717, 1.165) is 11.8 Å². The summed E-state index contributed by atoms with van der Waals surface area (Å²) < 4.78 is -1.53. The molecular weight excluding hydrogens is 290 g/mol. The number of amides is 1. The van der Waals surface area contributed by atoms with Crippen LogP contribution in [0, 0.1) is 0 Å². The van der Waals surface area contributed by atoms with Crippen LogP contribution in [0.4, 0.5) is 5.82 Å². The van der Waals surface area contributed by atoms with Crippen LogP contribution in [-0.4, -0.2) is 38.6 Å². The number of carboxylic acid groups (broad SMARTS) is 1. The van der Waals surface area contributed by atoms with Crippen LogP contribution in [0.5, 0.6) is 0 Å². The van der Waals surface area contributed by atoms with Gasteiger partial charge in [-0.15, -0.1) is 11.8 Å². The summed E-state index contributed by atoms with van der Waals surface area (Å²) in [7, 11) is 0. The fraction of sp³-hybridized carbons (Fsp3) is 0.364. The molecule has 0 aromatic carbocycles. The first-order valence-electron chi connectivity index (χ1n) is 5.51. The van der Waals surface area contributed by atoms with E-state index in [1.165, 1.54) is 12.3 Å². The van der Waals surface area contributed by atoms with E-state index < -0.39 is 16.6 Å². The molecule has 2 rings (SSSR count). The summed E-state index contributed by atoms with van der Waals surface area (Å²) in [5.74, 6) is -1.49. The van der Waals surface area contributed by atoms with Crippen molar-refractivity contribution >= 4 is 41.1 Å². The van der Waals surface area contributed by atoms with Gasteiger partial charge in [0.05, 0.1) is 10.4 Å². The Balaban J connectivity index is 2.17. The molecule has 0 saturated carbocycles. The second kappa shape index (κ2) is 5.36. The number of halogens is 1. The van der Waals surface area contributed by atoms with Crippen molar-refractivity contribution < 1.29 is 14.7 Å². The number of thioether (sulfide) groups is 1. The molecule has 2 unspecified atom stereocenters. The summed E-state index contributed by atoms with van der Waals surface area (Å²) in [5, 5.41) is 15.1. The summed E-state index contributed by atoms with van der Waals surface area (Å²) in [6, 6.07) is 3.09. The Kier molecular flexibility index (Phi) is 3.98. The zero-order valence-corrected chi connectivity index (χ0v) is 11.6. The second-order valence-corrected chi connectivity index (χ2v) is 6.17. The molecule has 0 radical (unpaired) electrons. The number of pyridine rings is 1. The van der Waals surface area contributed by atoms with E-state index in [1.807, 2.05) is 6.92 Å². The molecule has 0 aliphatic carbocycles. The first-order chi connectivity index (χ1) is 8.94. The highest BCUT2D eigenvalue weighted by atomic mass is 35.5. The Bertz CT molecular complexity index is 510. The van der Waals surface area contributed by atoms with E-state index in [4.69, 9.17) is 11.6 Å². The number of aliphatic carboxylic acids is 1. The van der Waals surface area contributed by atoms with Crippen LogP contribution >= 0.6 is 23.4 Å². The topological polar surface area (TPSA) is 91.3 Å². The van der Waals surface area contributed by atoms with Crippen LogP contribution in [-0.2, 0) is 9.59 Å². The highest BCUT2D eigenvalue weighted by Gasteiger charge is 2.52. The average molecular weight is 302 g/mol. The van der Waals surface area contributed by atoms with Gasteiger partial charge in [0.15, 0.2) is 0 Å². The van der Waals surface area contributed by atoms with E-state index in [2.05, 4.69) is 15.6 Å². The number of carbonyl (C=O) groups excluding carboxylic acids is 1. The van der Waals surface area contributed by atoms with Crippen molar-refractivity contribution in [1.29, 1.82) is 0 Å². The van der Waals surface area contributed by atoms with Gasteiger partial charge in [-0.25, -0.2) is 4.98 Å². The van der Waals surface area contributed by atoms with Crippen LogP contribution in [0.1, 0.15) is 6.92 Å². The van der Waals surface area contributed by atoms with Gasteiger partial charge in [-0.05, 0) is 19.1 Å². The molecule has 1 aromatic rings. The SMILES string of the molecule is CC1NCC(C(=O)O)(C(=O)Nc2ccc(Cl)cn2)S1. The number of aromatic nitrogens is 1. The van der Waals surface area contributed by atoms with Crippen molar-refractivity contribution in [2.75, 3.05) is 11.9 Å². The highest BCUT2D eigenvalue weighted by molar-refractivity contribution is 8.03. The summed E-state index contributed by atoms with van der Waals surface area (Å²) >= 11 is 6.76. The Morgan fingerprint density at radius 3 is 2.84 bits per heavy atom. The minimum atomic E-state index is -1.53. The van der Waals surface area contributed by atoms with Crippen molar-refractivity contribution in [2.24, 2.45) is 0 Å². The van der Waals surface area contributed by atoms with Crippen molar-refractivity contribution in [3.05, 3.63) is 23.4 Å². The fourth-order valence-corrected chi connectivity index (χ4v) is 3.00. The van der Waals surface area contributed by atoms with Gasteiger partial charge in [-0.3, -0.25) is 9.59 Å². The van der Waals surface area contributed by atoms with Gasteiger partial charge >= 0.3 is 5.97 Å². The van der Waals surface area contributed by atoms with Crippen LogP contribution in [0.3, 0.4) is 0 Å². The van der Waals surface area contributed by atoms with Crippen LogP contribution in [0.25, 0.3) is 0 Å². The Hall–Kier alpha value is -1.31. The van der Waals surface area contributed by atoms with E-state index in [0.29, 0.717) is 5.02 Å². The molecule has 19 heavy (non-hydrogen) atoms. The minimum absolute atomic E-state index is 0.0770. The summed E-state index contributed by atoms with van der Waals surface area (Å²) in [6.45, 7) is 1.89. The molecule has 1 saturated heterocycles. The number of anilines is 1. The number of nitrogens with zero attached hydrogens (tertiary/aromatic N) is 1. The van der Waals surface area contributed by atoms with E-state index >= 15 is 0 Å². The zero-order valence-electron chi connectivity index (χ0n) is 10.0. The number of nitrogens with one attached hydrogen (secondary N) is 2. The lowest BCUT2D eigenvalue weighted by Gasteiger charge is -2.21. The van der Waals surface area contributed by atoms with Crippen molar-refractivity contribution in [2.45, 2.75) is 17.0 Å². The van der Waals surface area contributed by atoms with Crippen molar-refractivity contribution in [3.8, 4) is 0 Å². The number of rotatable bonds is 3. The van der Waals surface area contributed by atoms with Gasteiger partial charge in [0.25, 0.3) is 5.91 Å². The molecule has 102 valence electrons. The smallest absolute Gasteiger partial charge is 0.330 e. The normalized spacial score (nSPS) is 26.1. The molecule has 1 aliphatic heterocycles. The van der Waals surface area contributed by atoms with Crippen LogP contribution < -0.4 is 10.6 Å². The number of hydrogen-bond acceptors (Lipinski definition) is 5. The summed E-state index contributed by atoms with van der Waals surface area (Å²) in [6.07, 6.45) is 1.38. The molecule has 1 aliphatic rings. The Morgan fingerprint density at radius 2 is 2.37 bits per heavy atom. The number of carbonyl (C=O) groups is 2. The van der Waals surface area contributed by atoms with Gasteiger partial charge in [0.2, 0.25) is 4.75 Å². The molecule has 6 nitrogen and oxygen atoms in total. The molecule has 1 fully saturated rings. The summed E-state index contributed by atoms with van der Waals surface area (Å²) in [4.78, 5) is 27.5. The lowest BCUT2D eigenvalue weighted by atomic mass is 10.1. The third-order valence-electron chi connectivity index (χ3n) is 2.70. The molecule has 1 aromatic heterocycles. The van der Waals surface area contributed by atoms with Crippen LogP contribution in [0.2, 0.25) is 5.02 Å². The van der Waals surface area contributed by atoms with Crippen molar-refractivity contribution in [1.82, 2.24) is 10.3 Å². The molecule has 1 amide bonds. The largest absolute Gasteiger partial charge is 0.480 e. The molecule has 2 heterocycles. The number of hydrogen-bond donors (Lipinski definition) is 3. The Labute approximate surface area is 118 Å². The number of carboxylic acids is 1. The molecular formula is C11H12ClN3O3S. The first kappa shape index (κ1) is 14.1. The van der Waals surface area contributed by atoms with Gasteiger partial charge < -0.3 is 15.7 Å². The maximum Gasteiger partial charge on any atom is 0.330 e. The third-order valence-corrected chi connectivity index (χ3v) is 4.35. The zero-order chi connectivity index (χ0) is 14.0. The van der Waals surface area contributed by atoms with Gasteiger partial charge in [-0.1, -0.05) is 11.6 Å². The van der Waals surface area contributed by atoms with Gasteiger partial charge in [0.1, 0.15) is 5.82 Å². The van der Waals surface area contributed by atoms with E-state index in [9.17, 15) is 14.7 Å². The minimum Gasteiger partial charge on any atom is -0.480 e. The Morgan fingerprint density at radius 1 is 1.63 bits per heavy atom. The highest BCUT2D eigenvalue weighted by Crippen LogP contribution is 2.35. The van der Waals surface area contributed by atoms with E-state index in [-0.39, 0.29) is 17.7 Å². The average Bonchev–Trinajstić information content (AvgIpc) is 2.76. The maximum absolute atomic E-state index is 12.2. The molecule has 0 bridgehead atoms. The van der Waals surface area contributed by atoms with Gasteiger partial charge in [0, 0.05) is 12.7 Å². The molecule has 8 heteroatoms. The molecule has 3 N–H and O–H groups in total. The molecule has 2 atom stereocenters. The third kappa shape index (κ3) is 2.83. The lowest BCUT2D eigenvalue weighted by molar-refractivity contribution is -0.142. The maximum atomic E-state index is 12.2. The first-order valence-corrected chi connectivity index (χ1v) is 6.77. The quantitative estimate of drug-likeness (QED) is 0.726.